The van der Waals surface area contributed by atoms with E-state index in [2.05, 4.69) is 5.16 Å². The predicted molar refractivity (Wildman–Crippen MR) is 80.7 cm³/mol. The highest BCUT2D eigenvalue weighted by Gasteiger charge is 2.26. The van der Waals surface area contributed by atoms with Crippen LogP contribution in [-0.2, 0) is 11.2 Å². The first-order valence-electron chi connectivity index (χ1n) is 7.52. The van der Waals surface area contributed by atoms with E-state index in [4.69, 9.17) is 10.3 Å². The quantitative estimate of drug-likeness (QED) is 0.936. The summed E-state index contributed by atoms with van der Waals surface area (Å²) in [5.41, 5.74) is 7.42. The number of aromatic nitrogens is 1. The maximum atomic E-state index is 12.5. The van der Waals surface area contributed by atoms with E-state index in [9.17, 15) is 4.79 Å². The topological polar surface area (TPSA) is 72.4 Å². The lowest BCUT2D eigenvalue weighted by Gasteiger charge is -2.34. The Hall–Kier alpha value is -1.88. The van der Waals surface area contributed by atoms with Gasteiger partial charge >= 0.3 is 0 Å². The van der Waals surface area contributed by atoms with Crippen LogP contribution in [0.25, 0.3) is 11.0 Å². The summed E-state index contributed by atoms with van der Waals surface area (Å²) in [5.74, 6) is 0.510. The van der Waals surface area contributed by atoms with Gasteiger partial charge in [0, 0.05) is 24.5 Å². The van der Waals surface area contributed by atoms with Crippen molar-refractivity contribution in [2.75, 3.05) is 13.1 Å². The molecule has 0 spiro atoms. The van der Waals surface area contributed by atoms with Gasteiger partial charge in [0.1, 0.15) is 5.69 Å². The van der Waals surface area contributed by atoms with Gasteiger partial charge in [-0.15, -0.1) is 0 Å². The molecule has 0 aliphatic carbocycles. The molecule has 1 aliphatic rings. The monoisotopic (exact) mass is 287 g/mol. The number of fused-ring (bicyclic) bond motifs is 1. The van der Waals surface area contributed by atoms with Crippen LogP contribution in [0.4, 0.5) is 0 Å². The van der Waals surface area contributed by atoms with Gasteiger partial charge in [-0.3, -0.25) is 4.79 Å². The van der Waals surface area contributed by atoms with Crippen molar-refractivity contribution in [2.24, 2.45) is 11.7 Å². The van der Waals surface area contributed by atoms with E-state index in [1.165, 1.54) is 0 Å². The molecule has 2 heterocycles. The van der Waals surface area contributed by atoms with Gasteiger partial charge in [0.2, 0.25) is 5.91 Å². The minimum absolute atomic E-state index is 0.111. The van der Waals surface area contributed by atoms with Crippen molar-refractivity contribution in [1.29, 1.82) is 0 Å². The Bertz CT molecular complexity index is 635. The van der Waals surface area contributed by atoms with Crippen LogP contribution >= 0.6 is 0 Å². The molecule has 2 aromatic rings. The Morgan fingerprint density at radius 2 is 2.33 bits per heavy atom. The van der Waals surface area contributed by atoms with Gasteiger partial charge in [0.05, 0.1) is 6.42 Å². The number of likely N-dealkylation sites (tertiary alicyclic amines) is 1. The second-order valence-electron chi connectivity index (χ2n) is 5.90. The van der Waals surface area contributed by atoms with Crippen molar-refractivity contribution in [3.8, 4) is 0 Å². The van der Waals surface area contributed by atoms with Gasteiger partial charge in [0.25, 0.3) is 0 Å². The van der Waals surface area contributed by atoms with E-state index < -0.39 is 0 Å². The zero-order valence-electron chi connectivity index (χ0n) is 12.3. The molecule has 1 amide bonds. The van der Waals surface area contributed by atoms with Crippen LogP contribution in [0.1, 0.15) is 25.5 Å². The molecule has 2 N–H and O–H groups in total. The second-order valence-corrected chi connectivity index (χ2v) is 5.90. The van der Waals surface area contributed by atoms with Crippen LogP contribution in [0, 0.1) is 5.92 Å². The van der Waals surface area contributed by atoms with Crippen molar-refractivity contribution < 1.29 is 9.32 Å². The summed E-state index contributed by atoms with van der Waals surface area (Å²) >= 11 is 0. The van der Waals surface area contributed by atoms with E-state index >= 15 is 0 Å². The summed E-state index contributed by atoms with van der Waals surface area (Å²) in [6.45, 7) is 3.59. The molecule has 3 rings (SSSR count). The van der Waals surface area contributed by atoms with Crippen molar-refractivity contribution >= 4 is 16.9 Å². The minimum atomic E-state index is 0.111. The molecule has 2 atom stereocenters. The zero-order chi connectivity index (χ0) is 14.8. The standard InChI is InChI=1S/C16H21N3O2/c1-11(17)12-5-4-8-19(10-12)16(20)9-14-13-6-2-3-7-15(13)21-18-14/h2-3,6-7,11-12H,4-5,8-10,17H2,1H3/t11-,12-/m0/s1. The molecule has 1 aromatic carbocycles. The van der Waals surface area contributed by atoms with Gasteiger partial charge in [-0.1, -0.05) is 17.3 Å². The van der Waals surface area contributed by atoms with Crippen molar-refractivity contribution in [3.05, 3.63) is 30.0 Å². The number of nitrogens with two attached hydrogens (primary N) is 1. The fourth-order valence-electron chi connectivity index (χ4n) is 2.99. The smallest absolute Gasteiger partial charge is 0.228 e. The van der Waals surface area contributed by atoms with Crippen LogP contribution < -0.4 is 5.73 Å². The van der Waals surface area contributed by atoms with Crippen molar-refractivity contribution in [1.82, 2.24) is 10.1 Å². The van der Waals surface area contributed by atoms with Gasteiger partial charge in [-0.2, -0.15) is 0 Å². The number of piperidine rings is 1. The fraction of sp³-hybridized carbons (Fsp3) is 0.500. The molecule has 0 radical (unpaired) electrons. The summed E-state index contributed by atoms with van der Waals surface area (Å²) in [7, 11) is 0. The fourth-order valence-corrected chi connectivity index (χ4v) is 2.99. The molecule has 1 aliphatic heterocycles. The number of nitrogens with zero attached hydrogens (tertiary/aromatic N) is 2. The molecule has 5 heteroatoms. The molecular weight excluding hydrogens is 266 g/mol. The Morgan fingerprint density at radius 3 is 3.14 bits per heavy atom. The van der Waals surface area contributed by atoms with Crippen molar-refractivity contribution in [2.45, 2.75) is 32.2 Å². The summed E-state index contributed by atoms with van der Waals surface area (Å²) in [6, 6.07) is 7.77. The van der Waals surface area contributed by atoms with Crippen LogP contribution in [0.3, 0.4) is 0 Å². The van der Waals surface area contributed by atoms with Crippen molar-refractivity contribution in [3.63, 3.8) is 0 Å². The molecule has 0 unspecified atom stereocenters. The molecule has 0 saturated carbocycles. The lowest BCUT2D eigenvalue weighted by molar-refractivity contribution is -0.132. The first-order chi connectivity index (χ1) is 10.1. The highest BCUT2D eigenvalue weighted by Crippen LogP contribution is 2.22. The first kappa shape index (κ1) is 14.1. The summed E-state index contributed by atoms with van der Waals surface area (Å²) in [4.78, 5) is 14.4. The highest BCUT2D eigenvalue weighted by atomic mass is 16.5. The normalized spacial score (nSPS) is 20.7. The molecule has 5 nitrogen and oxygen atoms in total. The number of amides is 1. The van der Waals surface area contributed by atoms with Gasteiger partial charge in [-0.05, 0) is 37.8 Å². The van der Waals surface area contributed by atoms with E-state index in [0.29, 0.717) is 12.3 Å². The van der Waals surface area contributed by atoms with E-state index in [1.54, 1.807) is 0 Å². The van der Waals surface area contributed by atoms with Crippen LogP contribution in [0.2, 0.25) is 0 Å². The number of carbonyl (C=O) groups excluding carboxylic acids is 1. The van der Waals surface area contributed by atoms with E-state index in [0.717, 1.165) is 42.6 Å². The Labute approximate surface area is 124 Å². The number of hydrogen-bond acceptors (Lipinski definition) is 4. The first-order valence-corrected chi connectivity index (χ1v) is 7.52. The summed E-state index contributed by atoms with van der Waals surface area (Å²) < 4.78 is 5.26. The van der Waals surface area contributed by atoms with Crippen LogP contribution in [0.5, 0.6) is 0 Å². The lowest BCUT2D eigenvalue weighted by atomic mass is 9.92. The number of para-hydroxylation sites is 1. The van der Waals surface area contributed by atoms with E-state index in [-0.39, 0.29) is 11.9 Å². The van der Waals surface area contributed by atoms with Gasteiger partial charge in [-0.25, -0.2) is 0 Å². The maximum absolute atomic E-state index is 12.5. The molecule has 1 fully saturated rings. The third kappa shape index (κ3) is 2.93. The molecule has 1 saturated heterocycles. The highest BCUT2D eigenvalue weighted by molar-refractivity contribution is 5.86. The Kier molecular flexibility index (Phi) is 3.92. The Balaban J connectivity index is 1.71. The maximum Gasteiger partial charge on any atom is 0.228 e. The van der Waals surface area contributed by atoms with Gasteiger partial charge < -0.3 is 15.2 Å². The zero-order valence-corrected chi connectivity index (χ0v) is 12.3. The lowest BCUT2D eigenvalue weighted by Crippen LogP contribution is -2.45. The molecule has 21 heavy (non-hydrogen) atoms. The van der Waals surface area contributed by atoms with Crippen LogP contribution in [-0.4, -0.2) is 35.1 Å². The molecular formula is C16H21N3O2. The largest absolute Gasteiger partial charge is 0.356 e. The van der Waals surface area contributed by atoms with Crippen LogP contribution in [0.15, 0.2) is 28.8 Å². The summed E-state index contributed by atoms with van der Waals surface area (Å²) in [5, 5.41) is 4.96. The third-order valence-corrected chi connectivity index (χ3v) is 4.32. The molecule has 1 aromatic heterocycles. The number of hydrogen-bond donors (Lipinski definition) is 1. The SMILES string of the molecule is C[C@H](N)[C@H]1CCCN(C(=O)Cc2noc3ccccc23)C1. The molecule has 0 bridgehead atoms. The number of rotatable bonds is 3. The number of benzene rings is 1. The average molecular weight is 287 g/mol. The van der Waals surface area contributed by atoms with E-state index in [1.807, 2.05) is 36.1 Å². The summed E-state index contributed by atoms with van der Waals surface area (Å²) in [6.07, 6.45) is 2.43. The number of carbonyl (C=O) groups is 1. The Morgan fingerprint density at radius 1 is 1.52 bits per heavy atom. The van der Waals surface area contributed by atoms with Gasteiger partial charge in [0.15, 0.2) is 5.58 Å². The third-order valence-electron chi connectivity index (χ3n) is 4.32. The second kappa shape index (κ2) is 5.85. The minimum Gasteiger partial charge on any atom is -0.356 e. The molecule has 112 valence electrons. The predicted octanol–water partition coefficient (Wildman–Crippen LogP) is 1.96. The average Bonchev–Trinajstić information content (AvgIpc) is 2.91.